The van der Waals surface area contributed by atoms with Crippen LogP contribution in [0.2, 0.25) is 0 Å². The zero-order chi connectivity index (χ0) is 13.8. The number of nitrogens with one attached hydrogen (secondary N) is 2. The summed E-state index contributed by atoms with van der Waals surface area (Å²) in [5, 5.41) is 6.58. The molecule has 0 radical (unpaired) electrons. The number of para-hydroxylation sites is 1. The van der Waals surface area contributed by atoms with E-state index >= 15 is 0 Å². The molecule has 6 heteroatoms. The van der Waals surface area contributed by atoms with Gasteiger partial charge in [0.05, 0.1) is 6.54 Å². The summed E-state index contributed by atoms with van der Waals surface area (Å²) in [4.78, 5) is 14.2. The smallest absolute Gasteiger partial charge is 0.242 e. The minimum absolute atomic E-state index is 0. The summed E-state index contributed by atoms with van der Waals surface area (Å²) in [7, 11) is 0. The molecule has 1 aromatic carbocycles. The molecule has 2 rings (SSSR count). The molecule has 0 spiro atoms. The number of hydrogen-bond acceptors (Lipinski definition) is 3. The fourth-order valence-electron chi connectivity index (χ4n) is 2.57. The number of rotatable bonds is 3. The Bertz CT molecular complexity index is 448. The predicted octanol–water partition coefficient (Wildman–Crippen LogP) is 2.38. The minimum atomic E-state index is 0. The molecule has 1 fully saturated rings. The van der Waals surface area contributed by atoms with Crippen molar-refractivity contribution in [1.82, 2.24) is 10.2 Å². The monoisotopic (exact) mass is 333 g/mol. The first-order valence-electron chi connectivity index (χ1n) is 6.90. The van der Waals surface area contributed by atoms with E-state index in [9.17, 15) is 4.79 Å². The van der Waals surface area contributed by atoms with Gasteiger partial charge in [0.25, 0.3) is 0 Å². The van der Waals surface area contributed by atoms with Gasteiger partial charge in [0.15, 0.2) is 0 Å². The number of hydrogen-bond donors (Lipinski definition) is 2. The highest BCUT2D eigenvalue weighted by Gasteiger charge is 2.22. The zero-order valence-corrected chi connectivity index (χ0v) is 14.4. The molecule has 1 saturated heterocycles. The Morgan fingerprint density at radius 3 is 2.52 bits per heavy atom. The van der Waals surface area contributed by atoms with Crippen molar-refractivity contribution < 1.29 is 4.79 Å². The first kappa shape index (κ1) is 20.0. The lowest BCUT2D eigenvalue weighted by atomic mass is 10.1. The van der Waals surface area contributed by atoms with Gasteiger partial charge in [-0.2, -0.15) is 0 Å². The highest BCUT2D eigenvalue weighted by atomic mass is 35.5. The standard InChI is InChI=1S/C15H23N3O.2ClH/c1-11-5-4-6-12(2)15(11)17-10-14(19)18-8-7-16-9-13(18)3;;/h4-6,13,16-17H,7-10H2,1-3H3;2*1H/t13-;;/m0../s1. The van der Waals surface area contributed by atoms with Crippen LogP contribution in [0.25, 0.3) is 0 Å². The number of carbonyl (C=O) groups is 1. The average Bonchev–Trinajstić information content (AvgIpc) is 2.38. The molecule has 1 atom stereocenters. The van der Waals surface area contributed by atoms with Gasteiger partial charge in [0.2, 0.25) is 5.91 Å². The number of aryl methyl sites for hydroxylation is 2. The third kappa shape index (κ3) is 5.06. The van der Waals surface area contributed by atoms with Crippen molar-refractivity contribution in [1.29, 1.82) is 0 Å². The molecule has 0 saturated carbocycles. The molecule has 0 aliphatic carbocycles. The van der Waals surface area contributed by atoms with E-state index in [1.807, 2.05) is 11.0 Å². The van der Waals surface area contributed by atoms with E-state index in [0.29, 0.717) is 6.54 Å². The fraction of sp³-hybridized carbons (Fsp3) is 0.533. The summed E-state index contributed by atoms with van der Waals surface area (Å²) in [5.74, 6) is 0.177. The van der Waals surface area contributed by atoms with Gasteiger partial charge in [-0.25, -0.2) is 0 Å². The third-order valence-corrected chi connectivity index (χ3v) is 3.72. The lowest BCUT2D eigenvalue weighted by molar-refractivity contribution is -0.132. The molecular weight excluding hydrogens is 309 g/mol. The van der Waals surface area contributed by atoms with Crippen molar-refractivity contribution in [2.75, 3.05) is 31.5 Å². The Hall–Kier alpha value is -0.970. The van der Waals surface area contributed by atoms with E-state index < -0.39 is 0 Å². The number of carbonyl (C=O) groups excluding carboxylic acids is 1. The molecule has 1 amide bonds. The average molecular weight is 334 g/mol. The Labute approximate surface area is 139 Å². The van der Waals surface area contributed by atoms with Crippen LogP contribution < -0.4 is 10.6 Å². The summed E-state index contributed by atoms with van der Waals surface area (Å²) in [6.07, 6.45) is 0. The second-order valence-corrected chi connectivity index (χ2v) is 5.26. The number of halogens is 2. The largest absolute Gasteiger partial charge is 0.376 e. The van der Waals surface area contributed by atoms with Crippen LogP contribution >= 0.6 is 24.8 Å². The van der Waals surface area contributed by atoms with E-state index in [2.05, 4.69) is 43.5 Å². The third-order valence-electron chi connectivity index (χ3n) is 3.72. The SMILES string of the molecule is Cc1cccc(C)c1NCC(=O)N1CCNC[C@@H]1C.Cl.Cl. The van der Waals surface area contributed by atoms with Crippen molar-refractivity contribution in [2.45, 2.75) is 26.8 Å². The Balaban J connectivity index is 0.00000200. The van der Waals surface area contributed by atoms with Gasteiger partial charge in [-0.15, -0.1) is 24.8 Å². The number of benzene rings is 1. The number of anilines is 1. The minimum Gasteiger partial charge on any atom is -0.376 e. The molecular formula is C15H25Cl2N3O. The molecule has 1 aromatic rings. The molecule has 0 bridgehead atoms. The van der Waals surface area contributed by atoms with Gasteiger partial charge in [0, 0.05) is 31.4 Å². The lowest BCUT2D eigenvalue weighted by Crippen LogP contribution is -2.53. The molecule has 4 nitrogen and oxygen atoms in total. The van der Waals surface area contributed by atoms with Crippen LogP contribution in [-0.4, -0.2) is 43.0 Å². The first-order valence-corrected chi connectivity index (χ1v) is 6.90. The first-order chi connectivity index (χ1) is 9.09. The molecule has 1 heterocycles. The maximum Gasteiger partial charge on any atom is 0.242 e. The summed E-state index contributed by atoms with van der Waals surface area (Å²) < 4.78 is 0. The van der Waals surface area contributed by atoms with E-state index in [1.165, 1.54) is 11.1 Å². The maximum absolute atomic E-state index is 12.2. The van der Waals surface area contributed by atoms with E-state index in [4.69, 9.17) is 0 Å². The second kappa shape index (κ2) is 9.13. The quantitative estimate of drug-likeness (QED) is 0.892. The van der Waals surface area contributed by atoms with Crippen molar-refractivity contribution in [3.05, 3.63) is 29.3 Å². The van der Waals surface area contributed by atoms with Crippen LogP contribution in [0.5, 0.6) is 0 Å². The summed E-state index contributed by atoms with van der Waals surface area (Å²) in [5.41, 5.74) is 3.45. The highest BCUT2D eigenvalue weighted by Crippen LogP contribution is 2.19. The predicted molar refractivity (Wildman–Crippen MR) is 92.9 cm³/mol. The van der Waals surface area contributed by atoms with Gasteiger partial charge in [-0.05, 0) is 31.9 Å². The van der Waals surface area contributed by atoms with Crippen LogP contribution in [0.3, 0.4) is 0 Å². The van der Waals surface area contributed by atoms with Crippen LogP contribution in [0, 0.1) is 13.8 Å². The van der Waals surface area contributed by atoms with Crippen LogP contribution in [-0.2, 0) is 4.79 Å². The van der Waals surface area contributed by atoms with Gasteiger partial charge < -0.3 is 15.5 Å². The zero-order valence-electron chi connectivity index (χ0n) is 12.8. The number of piperazine rings is 1. The molecule has 120 valence electrons. The van der Waals surface area contributed by atoms with Crippen LogP contribution in [0.1, 0.15) is 18.1 Å². The molecule has 0 aromatic heterocycles. The molecule has 2 N–H and O–H groups in total. The van der Waals surface area contributed by atoms with E-state index in [1.54, 1.807) is 0 Å². The van der Waals surface area contributed by atoms with Gasteiger partial charge in [0.1, 0.15) is 0 Å². The van der Waals surface area contributed by atoms with Gasteiger partial charge in [-0.1, -0.05) is 18.2 Å². The van der Waals surface area contributed by atoms with Crippen molar-refractivity contribution >= 4 is 36.4 Å². The Morgan fingerprint density at radius 1 is 1.33 bits per heavy atom. The second-order valence-electron chi connectivity index (χ2n) is 5.26. The lowest BCUT2D eigenvalue weighted by Gasteiger charge is -2.34. The number of nitrogens with zero attached hydrogens (tertiary/aromatic N) is 1. The van der Waals surface area contributed by atoms with E-state index in [-0.39, 0.29) is 36.8 Å². The summed E-state index contributed by atoms with van der Waals surface area (Å²) in [6, 6.07) is 6.44. The Morgan fingerprint density at radius 2 is 1.95 bits per heavy atom. The molecule has 0 unspecified atom stereocenters. The highest BCUT2D eigenvalue weighted by molar-refractivity contribution is 5.85. The summed E-state index contributed by atoms with van der Waals surface area (Å²) >= 11 is 0. The Kier molecular flexibility index (Phi) is 8.71. The van der Waals surface area contributed by atoms with Crippen LogP contribution in [0.15, 0.2) is 18.2 Å². The van der Waals surface area contributed by atoms with Crippen molar-refractivity contribution in [3.63, 3.8) is 0 Å². The molecule has 21 heavy (non-hydrogen) atoms. The molecule has 1 aliphatic heterocycles. The van der Waals surface area contributed by atoms with Crippen molar-refractivity contribution in [2.24, 2.45) is 0 Å². The number of amides is 1. The van der Waals surface area contributed by atoms with Crippen molar-refractivity contribution in [3.8, 4) is 0 Å². The fourth-order valence-corrected chi connectivity index (χ4v) is 2.57. The van der Waals surface area contributed by atoms with Crippen LogP contribution in [0.4, 0.5) is 5.69 Å². The van der Waals surface area contributed by atoms with Gasteiger partial charge >= 0.3 is 0 Å². The summed E-state index contributed by atoms with van der Waals surface area (Å²) in [6.45, 7) is 9.16. The maximum atomic E-state index is 12.2. The van der Waals surface area contributed by atoms with Gasteiger partial charge in [-0.3, -0.25) is 4.79 Å². The molecule has 1 aliphatic rings. The normalized spacial score (nSPS) is 17.5. The van der Waals surface area contributed by atoms with E-state index in [0.717, 1.165) is 25.3 Å². The topological polar surface area (TPSA) is 44.4 Å².